The first-order valence-corrected chi connectivity index (χ1v) is 5.16. The predicted molar refractivity (Wildman–Crippen MR) is 54.4 cm³/mol. The van der Waals surface area contributed by atoms with Crippen molar-refractivity contribution in [2.45, 2.75) is 24.7 Å². The van der Waals surface area contributed by atoms with Gasteiger partial charge in [0.25, 0.3) is 0 Å². The Balaban J connectivity index is 2.31. The van der Waals surface area contributed by atoms with Gasteiger partial charge in [0.05, 0.1) is 0 Å². The van der Waals surface area contributed by atoms with Crippen LogP contribution in [0.4, 0.5) is 0 Å². The maximum absolute atomic E-state index is 2.34. The van der Waals surface area contributed by atoms with E-state index in [1.54, 1.807) is 0 Å². The highest BCUT2D eigenvalue weighted by molar-refractivity contribution is 8.03. The van der Waals surface area contributed by atoms with Crippen LogP contribution in [0, 0.1) is 0 Å². The summed E-state index contributed by atoms with van der Waals surface area (Å²) in [6.07, 6.45) is 4.62. The lowest BCUT2D eigenvalue weighted by Crippen LogP contribution is -1.92. The SMILES string of the molecule is CCC1=CCc2ccccc2S1. The van der Waals surface area contributed by atoms with Crippen molar-refractivity contribution in [3.05, 3.63) is 40.8 Å². The molecule has 1 heteroatoms. The fourth-order valence-electron chi connectivity index (χ4n) is 1.40. The van der Waals surface area contributed by atoms with Crippen LogP contribution < -0.4 is 0 Å². The van der Waals surface area contributed by atoms with E-state index in [9.17, 15) is 0 Å². The Hall–Kier alpha value is -0.690. The van der Waals surface area contributed by atoms with Crippen LogP contribution in [0.1, 0.15) is 18.9 Å². The average Bonchev–Trinajstić information content (AvgIpc) is 2.17. The van der Waals surface area contributed by atoms with Crippen LogP contribution >= 0.6 is 11.8 Å². The second-order valence-electron chi connectivity index (χ2n) is 2.94. The van der Waals surface area contributed by atoms with Crippen LogP contribution in [0.25, 0.3) is 0 Å². The third-order valence-electron chi connectivity index (χ3n) is 2.11. The molecule has 2 rings (SSSR count). The monoisotopic (exact) mass is 176 g/mol. The summed E-state index contributed by atoms with van der Waals surface area (Å²) in [6.45, 7) is 2.22. The first-order valence-electron chi connectivity index (χ1n) is 4.35. The lowest BCUT2D eigenvalue weighted by atomic mass is 10.1. The molecule has 0 saturated heterocycles. The largest absolute Gasteiger partial charge is 0.0946 e. The Morgan fingerprint density at radius 2 is 2.17 bits per heavy atom. The van der Waals surface area contributed by atoms with E-state index in [4.69, 9.17) is 0 Å². The molecule has 0 nitrogen and oxygen atoms in total. The quantitative estimate of drug-likeness (QED) is 0.629. The van der Waals surface area contributed by atoms with Gasteiger partial charge in [0.1, 0.15) is 0 Å². The molecule has 0 radical (unpaired) electrons. The van der Waals surface area contributed by atoms with Crippen molar-refractivity contribution in [2.75, 3.05) is 0 Å². The standard InChI is InChI=1S/C11H12S/c1-2-10-8-7-9-5-3-4-6-11(9)12-10/h3-6,8H,2,7H2,1H3. The molecular formula is C11H12S. The molecule has 1 aromatic carbocycles. The zero-order valence-corrected chi connectivity index (χ0v) is 8.03. The number of benzene rings is 1. The second kappa shape index (κ2) is 3.36. The van der Waals surface area contributed by atoms with Gasteiger partial charge >= 0.3 is 0 Å². The number of hydrogen-bond donors (Lipinski definition) is 0. The molecule has 0 spiro atoms. The lowest BCUT2D eigenvalue weighted by Gasteiger charge is -2.14. The third kappa shape index (κ3) is 1.42. The number of allylic oxidation sites excluding steroid dienone is 2. The second-order valence-corrected chi connectivity index (χ2v) is 4.11. The van der Waals surface area contributed by atoms with Crippen LogP contribution in [-0.2, 0) is 6.42 Å². The van der Waals surface area contributed by atoms with Crippen molar-refractivity contribution in [1.82, 2.24) is 0 Å². The van der Waals surface area contributed by atoms with Crippen molar-refractivity contribution in [3.63, 3.8) is 0 Å². The Morgan fingerprint density at radius 3 is 3.00 bits per heavy atom. The number of fused-ring (bicyclic) bond motifs is 1. The van der Waals surface area contributed by atoms with Gasteiger partial charge in [0.15, 0.2) is 0 Å². The van der Waals surface area contributed by atoms with Gasteiger partial charge in [-0.15, -0.1) is 0 Å². The van der Waals surface area contributed by atoms with Crippen molar-refractivity contribution in [1.29, 1.82) is 0 Å². The first kappa shape index (κ1) is 7.93. The van der Waals surface area contributed by atoms with Gasteiger partial charge in [0, 0.05) is 4.90 Å². The Morgan fingerprint density at radius 1 is 1.33 bits per heavy atom. The summed E-state index contributed by atoms with van der Waals surface area (Å²) in [6, 6.07) is 8.66. The molecule has 1 aliphatic rings. The Kier molecular flexibility index (Phi) is 2.22. The van der Waals surface area contributed by atoms with E-state index in [1.807, 2.05) is 11.8 Å². The molecule has 0 bridgehead atoms. The maximum Gasteiger partial charge on any atom is 0.0154 e. The van der Waals surface area contributed by atoms with Crippen LogP contribution in [-0.4, -0.2) is 0 Å². The van der Waals surface area contributed by atoms with E-state index in [2.05, 4.69) is 37.3 Å². The summed E-state index contributed by atoms with van der Waals surface area (Å²) < 4.78 is 0. The zero-order chi connectivity index (χ0) is 8.39. The summed E-state index contributed by atoms with van der Waals surface area (Å²) in [7, 11) is 0. The predicted octanol–water partition coefficient (Wildman–Crippen LogP) is 3.63. The molecule has 0 amide bonds. The summed E-state index contributed by atoms with van der Waals surface area (Å²) >= 11 is 1.92. The molecule has 0 aliphatic carbocycles. The van der Waals surface area contributed by atoms with Gasteiger partial charge in [-0.1, -0.05) is 43.0 Å². The lowest BCUT2D eigenvalue weighted by molar-refractivity contribution is 1.10. The summed E-state index contributed by atoms with van der Waals surface area (Å²) in [5.41, 5.74) is 1.47. The van der Waals surface area contributed by atoms with Crippen molar-refractivity contribution >= 4 is 11.8 Å². The van der Waals surface area contributed by atoms with Crippen LogP contribution in [0.15, 0.2) is 40.1 Å². The van der Waals surface area contributed by atoms with E-state index in [1.165, 1.54) is 21.8 Å². The van der Waals surface area contributed by atoms with Gasteiger partial charge in [-0.3, -0.25) is 0 Å². The summed E-state index contributed by atoms with van der Waals surface area (Å²) in [5.74, 6) is 0. The van der Waals surface area contributed by atoms with E-state index in [0.29, 0.717) is 0 Å². The highest BCUT2D eigenvalue weighted by Crippen LogP contribution is 2.35. The van der Waals surface area contributed by atoms with Gasteiger partial charge in [-0.2, -0.15) is 0 Å². The topological polar surface area (TPSA) is 0 Å². The van der Waals surface area contributed by atoms with E-state index >= 15 is 0 Å². The molecule has 1 aromatic rings. The van der Waals surface area contributed by atoms with Crippen molar-refractivity contribution in [3.8, 4) is 0 Å². The molecule has 0 atom stereocenters. The minimum absolute atomic E-state index is 1.12. The highest BCUT2D eigenvalue weighted by Gasteiger charge is 2.08. The van der Waals surface area contributed by atoms with Gasteiger partial charge in [-0.25, -0.2) is 0 Å². The normalized spacial score (nSPS) is 15.2. The minimum Gasteiger partial charge on any atom is -0.0946 e. The average molecular weight is 176 g/mol. The summed E-state index contributed by atoms with van der Waals surface area (Å²) in [4.78, 5) is 2.95. The smallest absolute Gasteiger partial charge is 0.0154 e. The van der Waals surface area contributed by atoms with E-state index in [-0.39, 0.29) is 0 Å². The van der Waals surface area contributed by atoms with Crippen molar-refractivity contribution < 1.29 is 0 Å². The van der Waals surface area contributed by atoms with Crippen LogP contribution in [0.3, 0.4) is 0 Å². The number of rotatable bonds is 1. The number of thioether (sulfide) groups is 1. The van der Waals surface area contributed by atoms with Gasteiger partial charge in [0.2, 0.25) is 0 Å². The Bertz CT molecular complexity index is 313. The molecule has 0 aromatic heterocycles. The fraction of sp³-hybridized carbons (Fsp3) is 0.273. The summed E-state index contributed by atoms with van der Waals surface area (Å²) in [5, 5.41) is 0. The van der Waals surface area contributed by atoms with Crippen LogP contribution in [0.2, 0.25) is 0 Å². The molecule has 62 valence electrons. The fourth-order valence-corrected chi connectivity index (χ4v) is 2.42. The molecule has 0 fully saturated rings. The Labute approximate surface area is 77.7 Å². The molecular weight excluding hydrogens is 164 g/mol. The van der Waals surface area contributed by atoms with E-state index < -0.39 is 0 Å². The van der Waals surface area contributed by atoms with Crippen LogP contribution in [0.5, 0.6) is 0 Å². The molecule has 0 saturated carbocycles. The molecule has 1 heterocycles. The van der Waals surface area contributed by atoms with Gasteiger partial charge in [-0.05, 0) is 29.4 Å². The number of hydrogen-bond acceptors (Lipinski definition) is 1. The minimum atomic E-state index is 1.12. The third-order valence-corrected chi connectivity index (χ3v) is 3.45. The highest BCUT2D eigenvalue weighted by atomic mass is 32.2. The molecule has 12 heavy (non-hydrogen) atoms. The zero-order valence-electron chi connectivity index (χ0n) is 7.21. The molecule has 0 unspecified atom stereocenters. The van der Waals surface area contributed by atoms with Gasteiger partial charge < -0.3 is 0 Å². The maximum atomic E-state index is 2.34. The molecule has 1 aliphatic heterocycles. The first-order chi connectivity index (χ1) is 5.90. The van der Waals surface area contributed by atoms with Crippen molar-refractivity contribution in [2.24, 2.45) is 0 Å². The molecule has 0 N–H and O–H groups in total. The van der Waals surface area contributed by atoms with E-state index in [0.717, 1.165) is 6.42 Å².